The van der Waals surface area contributed by atoms with Crippen molar-refractivity contribution >= 4 is 43.7 Å². The minimum Gasteiger partial charge on any atom is -0.456 e. The first-order valence-electron chi connectivity index (χ1n) is 18.8. The summed E-state index contributed by atoms with van der Waals surface area (Å²) in [5, 5.41) is 4.46. The molecule has 0 bridgehead atoms. The molecule has 11 rings (SSSR count). The van der Waals surface area contributed by atoms with Crippen LogP contribution in [0.3, 0.4) is 0 Å². The van der Waals surface area contributed by atoms with Crippen LogP contribution >= 0.6 is 0 Å². The lowest BCUT2D eigenvalue weighted by atomic mass is 10.0. The lowest BCUT2D eigenvalue weighted by Crippen LogP contribution is -2.00. The summed E-state index contributed by atoms with van der Waals surface area (Å²) in [6, 6.07) is 67.5. The average Bonchev–Trinajstić information content (AvgIpc) is 3.81. The van der Waals surface area contributed by atoms with Gasteiger partial charge in [-0.05, 0) is 82.9 Å². The van der Waals surface area contributed by atoms with E-state index in [0.717, 1.165) is 82.8 Å². The minimum atomic E-state index is 0.624. The predicted octanol–water partition coefficient (Wildman–Crippen LogP) is 13.2. The second-order valence-corrected chi connectivity index (χ2v) is 14.1. The van der Waals surface area contributed by atoms with Crippen LogP contribution in [0.25, 0.3) is 106 Å². The fourth-order valence-corrected chi connectivity index (χ4v) is 7.92. The highest BCUT2D eigenvalue weighted by Gasteiger charge is 2.18. The molecule has 5 heteroatoms. The van der Waals surface area contributed by atoms with Gasteiger partial charge in [-0.25, -0.2) is 15.0 Å². The summed E-state index contributed by atoms with van der Waals surface area (Å²) < 4.78 is 8.75. The van der Waals surface area contributed by atoms with Crippen molar-refractivity contribution in [2.45, 2.75) is 0 Å². The molecule has 5 nitrogen and oxygen atoms in total. The average molecular weight is 717 g/mol. The van der Waals surface area contributed by atoms with Gasteiger partial charge in [0.25, 0.3) is 0 Å². The summed E-state index contributed by atoms with van der Waals surface area (Å²) in [6.45, 7) is 0. The molecule has 11 aromatic rings. The van der Waals surface area contributed by atoms with Crippen molar-refractivity contribution in [3.05, 3.63) is 194 Å². The Balaban J connectivity index is 1.05. The maximum absolute atomic E-state index is 6.41. The smallest absolute Gasteiger partial charge is 0.164 e. The summed E-state index contributed by atoms with van der Waals surface area (Å²) in [5.41, 5.74) is 12.4. The zero-order chi connectivity index (χ0) is 37.0. The number of nitrogens with zero attached hydrogens (tertiary/aromatic N) is 4. The molecule has 0 unspecified atom stereocenters. The molecule has 8 aromatic carbocycles. The van der Waals surface area contributed by atoms with E-state index >= 15 is 0 Å². The highest BCUT2D eigenvalue weighted by Crippen LogP contribution is 2.38. The van der Waals surface area contributed by atoms with Gasteiger partial charge >= 0.3 is 0 Å². The number of hydrogen-bond acceptors (Lipinski definition) is 4. The third-order valence-corrected chi connectivity index (χ3v) is 10.6. The highest BCUT2D eigenvalue weighted by atomic mass is 16.3. The molecule has 0 N–H and O–H groups in total. The largest absolute Gasteiger partial charge is 0.456 e. The van der Waals surface area contributed by atoms with Crippen molar-refractivity contribution in [2.75, 3.05) is 0 Å². The van der Waals surface area contributed by atoms with Crippen LogP contribution in [0.15, 0.2) is 199 Å². The molecule has 3 heterocycles. The Hall–Kier alpha value is -7.63. The van der Waals surface area contributed by atoms with Gasteiger partial charge in [-0.2, -0.15) is 0 Å². The zero-order valence-corrected chi connectivity index (χ0v) is 30.2. The molecular formula is C51H32N4O. The van der Waals surface area contributed by atoms with Gasteiger partial charge in [-0.1, -0.05) is 133 Å². The van der Waals surface area contributed by atoms with E-state index in [1.165, 1.54) is 5.56 Å². The molecule has 0 aliphatic rings. The van der Waals surface area contributed by atoms with Crippen LogP contribution in [0.4, 0.5) is 0 Å². The van der Waals surface area contributed by atoms with Crippen LogP contribution < -0.4 is 0 Å². The predicted molar refractivity (Wildman–Crippen MR) is 229 cm³/mol. The number of benzene rings is 8. The lowest BCUT2D eigenvalue weighted by molar-refractivity contribution is 0.669. The highest BCUT2D eigenvalue weighted by molar-refractivity contribution is 6.11. The maximum atomic E-state index is 6.41. The van der Waals surface area contributed by atoms with Crippen LogP contribution in [-0.2, 0) is 0 Å². The number of aromatic nitrogens is 4. The lowest BCUT2D eigenvalue weighted by Gasteiger charge is -2.10. The molecule has 0 aliphatic heterocycles. The van der Waals surface area contributed by atoms with Gasteiger partial charge in [0.15, 0.2) is 17.5 Å². The van der Waals surface area contributed by atoms with Crippen molar-refractivity contribution in [3.63, 3.8) is 0 Å². The van der Waals surface area contributed by atoms with Gasteiger partial charge in [0.2, 0.25) is 0 Å². The van der Waals surface area contributed by atoms with Crippen LogP contribution in [0.5, 0.6) is 0 Å². The quantitative estimate of drug-likeness (QED) is 0.172. The monoisotopic (exact) mass is 716 g/mol. The van der Waals surface area contributed by atoms with E-state index in [4.69, 9.17) is 19.4 Å². The summed E-state index contributed by atoms with van der Waals surface area (Å²) in [7, 11) is 0. The summed E-state index contributed by atoms with van der Waals surface area (Å²) in [4.78, 5) is 15.2. The summed E-state index contributed by atoms with van der Waals surface area (Å²) >= 11 is 0. The van der Waals surface area contributed by atoms with E-state index in [9.17, 15) is 0 Å². The molecule has 0 saturated carbocycles. The first kappa shape index (κ1) is 31.9. The SMILES string of the molecule is c1ccc(-c2cccc(-c3nc(-c4ccccc4)nc(-c4ccc5c(c4)c4ccccc4n5-c4ccc5oc6cc(-c7ccccc7)ccc6c5c4)n3)c2)cc1. The van der Waals surface area contributed by atoms with E-state index in [1.54, 1.807) is 0 Å². The van der Waals surface area contributed by atoms with Crippen LogP contribution in [0, 0.1) is 0 Å². The molecule has 0 radical (unpaired) electrons. The third kappa shape index (κ3) is 5.45. The van der Waals surface area contributed by atoms with Crippen molar-refractivity contribution in [1.29, 1.82) is 0 Å². The first-order valence-corrected chi connectivity index (χ1v) is 18.8. The van der Waals surface area contributed by atoms with Crippen molar-refractivity contribution in [3.8, 4) is 62.1 Å². The Morgan fingerprint density at radius 3 is 1.59 bits per heavy atom. The first-order chi connectivity index (χ1) is 27.7. The van der Waals surface area contributed by atoms with Gasteiger partial charge in [0.05, 0.1) is 11.0 Å². The number of furan rings is 1. The summed E-state index contributed by atoms with van der Waals surface area (Å²) in [6.07, 6.45) is 0. The minimum absolute atomic E-state index is 0.624. The topological polar surface area (TPSA) is 56.7 Å². The van der Waals surface area contributed by atoms with Crippen LogP contribution in [0.1, 0.15) is 0 Å². The van der Waals surface area contributed by atoms with E-state index < -0.39 is 0 Å². The second kappa shape index (κ2) is 13.0. The standard InChI is InChI=1S/C51H32N4O/c1-4-13-33(14-5-1)36-19-12-20-38(29-36)50-52-49(35-17-8-3-9-18-35)53-51(54-50)39-24-27-46-43(30-39)41-21-10-11-22-45(41)55(46)40-25-28-47-44(32-40)42-26-23-37(31-48(42)56-47)34-15-6-2-7-16-34/h1-32H. The Kier molecular flexibility index (Phi) is 7.42. The van der Waals surface area contributed by atoms with Crippen LogP contribution in [0.2, 0.25) is 0 Å². The molecule has 262 valence electrons. The molecule has 0 fully saturated rings. The zero-order valence-electron chi connectivity index (χ0n) is 30.2. The molecule has 0 spiro atoms. The van der Waals surface area contributed by atoms with Crippen molar-refractivity contribution in [2.24, 2.45) is 0 Å². The fourth-order valence-electron chi connectivity index (χ4n) is 7.92. The molecule has 0 aliphatic carbocycles. The molecule has 0 saturated heterocycles. The fraction of sp³-hybridized carbons (Fsp3) is 0. The van der Waals surface area contributed by atoms with Gasteiger partial charge < -0.3 is 8.98 Å². The van der Waals surface area contributed by atoms with Crippen LogP contribution in [-0.4, -0.2) is 19.5 Å². The van der Waals surface area contributed by atoms with E-state index in [0.29, 0.717) is 17.5 Å². The summed E-state index contributed by atoms with van der Waals surface area (Å²) in [5.74, 6) is 1.89. The molecule has 0 atom stereocenters. The third-order valence-electron chi connectivity index (χ3n) is 10.6. The van der Waals surface area contributed by atoms with Gasteiger partial charge in [0.1, 0.15) is 11.2 Å². The molecule has 56 heavy (non-hydrogen) atoms. The molecular weight excluding hydrogens is 685 g/mol. The Labute approximate surface area is 322 Å². The Morgan fingerprint density at radius 1 is 0.304 bits per heavy atom. The number of hydrogen-bond donors (Lipinski definition) is 0. The Morgan fingerprint density at radius 2 is 0.857 bits per heavy atom. The molecule has 3 aromatic heterocycles. The van der Waals surface area contributed by atoms with Gasteiger partial charge in [0, 0.05) is 43.9 Å². The molecule has 0 amide bonds. The number of fused-ring (bicyclic) bond motifs is 6. The van der Waals surface area contributed by atoms with Gasteiger partial charge in [-0.15, -0.1) is 0 Å². The number of para-hydroxylation sites is 1. The van der Waals surface area contributed by atoms with E-state index in [-0.39, 0.29) is 0 Å². The Bertz CT molecular complexity index is 3240. The maximum Gasteiger partial charge on any atom is 0.164 e. The number of rotatable bonds is 6. The van der Waals surface area contributed by atoms with E-state index in [1.807, 2.05) is 42.5 Å². The van der Waals surface area contributed by atoms with Crippen molar-refractivity contribution < 1.29 is 4.42 Å². The van der Waals surface area contributed by atoms with Gasteiger partial charge in [-0.3, -0.25) is 0 Å². The normalized spacial score (nSPS) is 11.6. The van der Waals surface area contributed by atoms with Crippen molar-refractivity contribution in [1.82, 2.24) is 19.5 Å². The second-order valence-electron chi connectivity index (χ2n) is 14.1. The van der Waals surface area contributed by atoms with E-state index in [2.05, 4.69) is 156 Å².